The van der Waals surface area contributed by atoms with Gasteiger partial charge in [-0.1, -0.05) is 17.3 Å². The van der Waals surface area contributed by atoms with E-state index in [9.17, 15) is 9.18 Å². The Balaban J connectivity index is 2.23. The van der Waals surface area contributed by atoms with Crippen LogP contribution in [0.5, 0.6) is 0 Å². The first-order chi connectivity index (χ1) is 9.66. The number of hydrogen-bond acceptors (Lipinski definition) is 4. The van der Waals surface area contributed by atoms with Crippen molar-refractivity contribution < 1.29 is 8.91 Å². The lowest BCUT2D eigenvalue weighted by Gasteiger charge is -2.02. The standard InChI is InChI=1S/C14H10FN3O2/c15-9-3-1-8(2-4-9)12-13(20-18-14(12)16)10-7-17-6-5-11(10)19/h1-7H,(H2,16,18)(H,17,19). The molecule has 0 fully saturated rings. The number of benzene rings is 1. The van der Waals surface area contributed by atoms with Gasteiger partial charge in [0.25, 0.3) is 0 Å². The second-order valence-corrected chi connectivity index (χ2v) is 4.20. The molecular formula is C14H10FN3O2. The highest BCUT2D eigenvalue weighted by Crippen LogP contribution is 2.34. The van der Waals surface area contributed by atoms with E-state index < -0.39 is 0 Å². The van der Waals surface area contributed by atoms with Gasteiger partial charge in [-0.25, -0.2) is 4.39 Å². The van der Waals surface area contributed by atoms with E-state index in [1.165, 1.54) is 30.6 Å². The Morgan fingerprint density at radius 2 is 1.95 bits per heavy atom. The van der Waals surface area contributed by atoms with Gasteiger partial charge in [0.2, 0.25) is 0 Å². The highest BCUT2D eigenvalue weighted by molar-refractivity contribution is 5.86. The minimum Gasteiger partial charge on any atom is -0.380 e. The molecule has 0 saturated heterocycles. The largest absolute Gasteiger partial charge is 0.380 e. The van der Waals surface area contributed by atoms with Crippen molar-refractivity contribution in [1.29, 1.82) is 0 Å². The Labute approximate surface area is 112 Å². The molecule has 0 aliphatic heterocycles. The molecule has 1 aromatic carbocycles. The molecule has 5 nitrogen and oxygen atoms in total. The Kier molecular flexibility index (Phi) is 2.83. The first-order valence-corrected chi connectivity index (χ1v) is 5.85. The van der Waals surface area contributed by atoms with Crippen LogP contribution in [-0.4, -0.2) is 10.1 Å². The lowest BCUT2D eigenvalue weighted by molar-refractivity contribution is 0.435. The second-order valence-electron chi connectivity index (χ2n) is 4.20. The van der Waals surface area contributed by atoms with Gasteiger partial charge >= 0.3 is 0 Å². The molecule has 2 heterocycles. The summed E-state index contributed by atoms with van der Waals surface area (Å²) in [5, 5.41) is 3.69. The van der Waals surface area contributed by atoms with Crippen LogP contribution in [0.2, 0.25) is 0 Å². The van der Waals surface area contributed by atoms with Gasteiger partial charge in [-0.05, 0) is 17.7 Å². The lowest BCUT2D eigenvalue weighted by atomic mass is 10.0. The van der Waals surface area contributed by atoms with Crippen LogP contribution in [0, 0.1) is 5.82 Å². The summed E-state index contributed by atoms with van der Waals surface area (Å²) in [4.78, 5) is 14.7. The fourth-order valence-corrected chi connectivity index (χ4v) is 1.98. The monoisotopic (exact) mass is 271 g/mol. The normalized spacial score (nSPS) is 10.7. The summed E-state index contributed by atoms with van der Waals surface area (Å²) < 4.78 is 18.1. The number of nitrogens with zero attached hydrogens (tertiary/aromatic N) is 1. The molecule has 20 heavy (non-hydrogen) atoms. The summed E-state index contributed by atoms with van der Waals surface area (Å²) in [6.07, 6.45) is 3.03. The maximum atomic E-state index is 13.0. The molecule has 0 aliphatic carbocycles. The number of nitrogens with two attached hydrogens (primary N) is 1. The van der Waals surface area contributed by atoms with Gasteiger partial charge < -0.3 is 15.2 Å². The fourth-order valence-electron chi connectivity index (χ4n) is 1.98. The zero-order valence-electron chi connectivity index (χ0n) is 10.3. The maximum absolute atomic E-state index is 13.0. The summed E-state index contributed by atoms with van der Waals surface area (Å²) in [5.74, 6) is 0.0497. The molecule has 3 aromatic rings. The number of nitrogens with one attached hydrogen (secondary N) is 1. The summed E-state index contributed by atoms with van der Waals surface area (Å²) in [7, 11) is 0. The molecule has 0 amide bonds. The Hall–Kier alpha value is -2.89. The van der Waals surface area contributed by atoms with Crippen LogP contribution in [-0.2, 0) is 0 Å². The molecule has 0 bridgehead atoms. The van der Waals surface area contributed by atoms with E-state index >= 15 is 0 Å². The molecule has 3 rings (SSSR count). The number of nitrogen functional groups attached to an aromatic ring is 1. The van der Waals surface area contributed by atoms with E-state index in [0.29, 0.717) is 16.7 Å². The molecule has 0 spiro atoms. The topological polar surface area (TPSA) is 84.9 Å². The van der Waals surface area contributed by atoms with Crippen molar-refractivity contribution in [2.24, 2.45) is 0 Å². The third-order valence-corrected chi connectivity index (χ3v) is 2.92. The van der Waals surface area contributed by atoms with Gasteiger partial charge in [0.15, 0.2) is 17.0 Å². The number of H-pyrrole nitrogens is 1. The van der Waals surface area contributed by atoms with Crippen LogP contribution < -0.4 is 11.2 Å². The molecule has 0 saturated carbocycles. The molecule has 3 N–H and O–H groups in total. The third kappa shape index (κ3) is 1.97. The van der Waals surface area contributed by atoms with Gasteiger partial charge in [-0.15, -0.1) is 0 Å². The van der Waals surface area contributed by atoms with Crippen LogP contribution in [0.1, 0.15) is 0 Å². The molecule has 0 radical (unpaired) electrons. The van der Waals surface area contributed by atoms with Crippen molar-refractivity contribution >= 4 is 5.82 Å². The van der Waals surface area contributed by atoms with Gasteiger partial charge in [0, 0.05) is 18.5 Å². The van der Waals surface area contributed by atoms with Crippen LogP contribution in [0.4, 0.5) is 10.2 Å². The quantitative estimate of drug-likeness (QED) is 0.749. The van der Waals surface area contributed by atoms with E-state index in [4.69, 9.17) is 10.3 Å². The van der Waals surface area contributed by atoms with Crippen molar-refractivity contribution in [2.75, 3.05) is 5.73 Å². The summed E-state index contributed by atoms with van der Waals surface area (Å²) in [6, 6.07) is 7.10. The second kappa shape index (κ2) is 4.65. The maximum Gasteiger partial charge on any atom is 0.192 e. The number of aromatic nitrogens is 2. The van der Waals surface area contributed by atoms with Gasteiger partial charge in [0.05, 0.1) is 11.1 Å². The molecular weight excluding hydrogens is 261 g/mol. The third-order valence-electron chi connectivity index (χ3n) is 2.92. The predicted molar refractivity (Wildman–Crippen MR) is 72.4 cm³/mol. The van der Waals surface area contributed by atoms with Crippen molar-refractivity contribution in [1.82, 2.24) is 10.1 Å². The van der Waals surface area contributed by atoms with Crippen molar-refractivity contribution in [3.8, 4) is 22.5 Å². The van der Waals surface area contributed by atoms with Crippen LogP contribution >= 0.6 is 0 Å². The minimum atomic E-state index is -0.358. The number of rotatable bonds is 2. The molecule has 0 aliphatic rings. The van der Waals surface area contributed by atoms with Crippen molar-refractivity contribution in [3.05, 3.63) is 58.8 Å². The Bertz CT molecular complexity index is 806. The zero-order valence-corrected chi connectivity index (χ0v) is 10.3. The van der Waals surface area contributed by atoms with E-state index in [1.54, 1.807) is 12.1 Å². The molecule has 100 valence electrons. The van der Waals surface area contributed by atoms with Crippen LogP contribution in [0.15, 0.2) is 52.0 Å². The zero-order chi connectivity index (χ0) is 14.1. The van der Waals surface area contributed by atoms with Gasteiger partial charge in [-0.2, -0.15) is 0 Å². The summed E-state index contributed by atoms with van der Waals surface area (Å²) in [6.45, 7) is 0. The summed E-state index contributed by atoms with van der Waals surface area (Å²) in [5.41, 5.74) is 6.99. The van der Waals surface area contributed by atoms with Gasteiger partial charge in [-0.3, -0.25) is 4.79 Å². The first kappa shape index (κ1) is 12.2. The van der Waals surface area contributed by atoms with Crippen LogP contribution in [0.3, 0.4) is 0 Å². The average Bonchev–Trinajstić information content (AvgIpc) is 2.82. The minimum absolute atomic E-state index is 0.148. The smallest absolute Gasteiger partial charge is 0.192 e. The number of aromatic amines is 1. The molecule has 6 heteroatoms. The van der Waals surface area contributed by atoms with E-state index in [0.717, 1.165) is 0 Å². The SMILES string of the molecule is Nc1noc(-c2c[nH]ccc2=O)c1-c1ccc(F)cc1. The first-order valence-electron chi connectivity index (χ1n) is 5.85. The van der Waals surface area contributed by atoms with E-state index in [1.807, 2.05) is 0 Å². The lowest BCUT2D eigenvalue weighted by Crippen LogP contribution is -2.02. The number of hydrogen-bond donors (Lipinski definition) is 2. The fraction of sp³-hybridized carbons (Fsp3) is 0. The summed E-state index contributed by atoms with van der Waals surface area (Å²) >= 11 is 0. The number of pyridine rings is 1. The number of anilines is 1. The van der Waals surface area contributed by atoms with Crippen molar-refractivity contribution in [3.63, 3.8) is 0 Å². The Morgan fingerprint density at radius 1 is 1.20 bits per heavy atom. The highest BCUT2D eigenvalue weighted by Gasteiger charge is 2.19. The van der Waals surface area contributed by atoms with E-state index in [2.05, 4.69) is 10.1 Å². The molecule has 2 aromatic heterocycles. The average molecular weight is 271 g/mol. The highest BCUT2D eigenvalue weighted by atomic mass is 19.1. The van der Waals surface area contributed by atoms with Crippen molar-refractivity contribution in [2.45, 2.75) is 0 Å². The molecule has 0 atom stereocenters. The predicted octanol–water partition coefficient (Wildman–Crippen LogP) is 2.42. The molecule has 0 unspecified atom stereocenters. The van der Waals surface area contributed by atoms with Gasteiger partial charge in [0.1, 0.15) is 5.82 Å². The van der Waals surface area contributed by atoms with Crippen LogP contribution in [0.25, 0.3) is 22.5 Å². The van der Waals surface area contributed by atoms with E-state index in [-0.39, 0.29) is 22.8 Å². The Morgan fingerprint density at radius 3 is 2.65 bits per heavy atom. The number of halogens is 1.